The van der Waals surface area contributed by atoms with Gasteiger partial charge in [0.2, 0.25) is 17.6 Å². The molecule has 0 fully saturated rings. The summed E-state index contributed by atoms with van der Waals surface area (Å²) < 4.78 is 6.08. The van der Waals surface area contributed by atoms with Crippen LogP contribution in [0.25, 0.3) is 10.7 Å². The number of rotatable bonds is 6. The summed E-state index contributed by atoms with van der Waals surface area (Å²) in [5.41, 5.74) is 1.90. The standard InChI is InChI=1S/C16H14BrN3O2S2/c1-10-4-5-12(11(17)7-10)18-14(21)8-23-9-15-19-16(20-22-15)13-3-2-6-24-13/h2-7H,8-9H2,1H3,(H,18,21). The smallest absolute Gasteiger partial charge is 0.236 e. The van der Waals surface area contributed by atoms with Crippen molar-refractivity contribution in [2.24, 2.45) is 0 Å². The van der Waals surface area contributed by atoms with Gasteiger partial charge in [-0.3, -0.25) is 4.79 Å². The van der Waals surface area contributed by atoms with E-state index in [0.29, 0.717) is 23.2 Å². The number of carbonyl (C=O) groups excluding carboxylic acids is 1. The Kier molecular flexibility index (Phi) is 5.70. The number of nitrogens with zero attached hydrogens (tertiary/aromatic N) is 2. The molecule has 0 radical (unpaired) electrons. The van der Waals surface area contributed by atoms with E-state index in [1.165, 1.54) is 11.8 Å². The summed E-state index contributed by atoms with van der Waals surface area (Å²) >= 11 is 6.44. The molecule has 0 spiro atoms. The van der Waals surface area contributed by atoms with Crippen LogP contribution in [0.5, 0.6) is 0 Å². The van der Waals surface area contributed by atoms with Crippen molar-refractivity contribution in [3.63, 3.8) is 0 Å². The lowest BCUT2D eigenvalue weighted by atomic mass is 10.2. The normalized spacial score (nSPS) is 10.8. The highest BCUT2D eigenvalue weighted by Crippen LogP contribution is 2.24. The minimum atomic E-state index is -0.0671. The Hall–Kier alpha value is -1.64. The van der Waals surface area contributed by atoms with Crippen molar-refractivity contribution in [2.45, 2.75) is 12.7 Å². The second kappa shape index (κ2) is 7.96. The number of nitrogens with one attached hydrogen (secondary N) is 1. The molecule has 0 aliphatic heterocycles. The zero-order valence-electron chi connectivity index (χ0n) is 12.8. The maximum absolute atomic E-state index is 12.0. The first-order valence-electron chi connectivity index (χ1n) is 7.12. The minimum absolute atomic E-state index is 0.0671. The number of carbonyl (C=O) groups is 1. The number of thiophene rings is 1. The first-order chi connectivity index (χ1) is 11.6. The molecule has 0 atom stereocenters. The first-order valence-corrected chi connectivity index (χ1v) is 9.95. The molecule has 1 N–H and O–H groups in total. The third-order valence-corrected chi connectivity index (χ3v) is 5.51. The van der Waals surface area contributed by atoms with Crippen LogP contribution in [0.1, 0.15) is 11.5 Å². The van der Waals surface area contributed by atoms with E-state index < -0.39 is 0 Å². The number of amides is 1. The molecular formula is C16H14BrN3O2S2. The molecule has 5 nitrogen and oxygen atoms in total. The molecule has 1 aromatic carbocycles. The number of hydrogen-bond acceptors (Lipinski definition) is 6. The van der Waals surface area contributed by atoms with Crippen LogP contribution in [0.2, 0.25) is 0 Å². The van der Waals surface area contributed by atoms with Gasteiger partial charge in [0.05, 0.1) is 22.1 Å². The number of hydrogen-bond donors (Lipinski definition) is 1. The van der Waals surface area contributed by atoms with Crippen molar-refractivity contribution >= 4 is 50.6 Å². The van der Waals surface area contributed by atoms with Crippen LogP contribution < -0.4 is 5.32 Å². The molecule has 1 amide bonds. The van der Waals surface area contributed by atoms with Crippen molar-refractivity contribution in [3.05, 3.63) is 51.6 Å². The monoisotopic (exact) mass is 423 g/mol. The van der Waals surface area contributed by atoms with E-state index in [1.807, 2.05) is 42.6 Å². The molecular weight excluding hydrogens is 410 g/mol. The van der Waals surface area contributed by atoms with Gasteiger partial charge in [-0.05, 0) is 52.0 Å². The molecule has 24 heavy (non-hydrogen) atoms. The summed E-state index contributed by atoms with van der Waals surface area (Å²) in [5, 5.41) is 8.79. The van der Waals surface area contributed by atoms with Gasteiger partial charge in [-0.15, -0.1) is 23.1 Å². The highest BCUT2D eigenvalue weighted by molar-refractivity contribution is 9.10. The fraction of sp³-hybridized carbons (Fsp3) is 0.188. The first kappa shape index (κ1) is 17.2. The van der Waals surface area contributed by atoms with Crippen LogP contribution in [0.3, 0.4) is 0 Å². The third kappa shape index (κ3) is 4.46. The molecule has 0 saturated heterocycles. The van der Waals surface area contributed by atoms with Crippen LogP contribution >= 0.6 is 39.0 Å². The molecule has 3 rings (SSSR count). The minimum Gasteiger partial charge on any atom is -0.338 e. The van der Waals surface area contributed by atoms with Crippen LogP contribution in [-0.4, -0.2) is 21.8 Å². The van der Waals surface area contributed by atoms with Gasteiger partial charge in [0.15, 0.2) is 0 Å². The van der Waals surface area contributed by atoms with E-state index in [0.717, 1.165) is 20.6 Å². The quantitative estimate of drug-likeness (QED) is 0.619. The van der Waals surface area contributed by atoms with Crippen molar-refractivity contribution in [2.75, 3.05) is 11.1 Å². The second-order valence-electron chi connectivity index (χ2n) is 5.01. The van der Waals surface area contributed by atoms with E-state index in [4.69, 9.17) is 4.52 Å². The molecule has 0 saturated carbocycles. The number of anilines is 1. The van der Waals surface area contributed by atoms with Gasteiger partial charge < -0.3 is 9.84 Å². The maximum atomic E-state index is 12.0. The zero-order valence-corrected chi connectivity index (χ0v) is 16.0. The topological polar surface area (TPSA) is 68.0 Å². The van der Waals surface area contributed by atoms with Crippen LogP contribution in [-0.2, 0) is 10.5 Å². The molecule has 8 heteroatoms. The second-order valence-corrected chi connectivity index (χ2v) is 7.80. The van der Waals surface area contributed by atoms with Gasteiger partial charge in [0.1, 0.15) is 0 Å². The Balaban J connectivity index is 1.48. The van der Waals surface area contributed by atoms with Crippen molar-refractivity contribution in [1.82, 2.24) is 10.1 Å². The summed E-state index contributed by atoms with van der Waals surface area (Å²) in [4.78, 5) is 17.3. The average molecular weight is 424 g/mol. The molecule has 0 aliphatic rings. The highest BCUT2D eigenvalue weighted by atomic mass is 79.9. The Morgan fingerprint density at radius 1 is 1.42 bits per heavy atom. The van der Waals surface area contributed by atoms with Crippen LogP contribution in [0, 0.1) is 6.92 Å². The van der Waals surface area contributed by atoms with Crippen molar-refractivity contribution in [1.29, 1.82) is 0 Å². The van der Waals surface area contributed by atoms with Gasteiger partial charge in [0.25, 0.3) is 0 Å². The van der Waals surface area contributed by atoms with Gasteiger partial charge in [-0.2, -0.15) is 4.98 Å². The highest BCUT2D eigenvalue weighted by Gasteiger charge is 2.11. The summed E-state index contributed by atoms with van der Waals surface area (Å²) in [6, 6.07) is 9.69. The maximum Gasteiger partial charge on any atom is 0.236 e. The van der Waals surface area contributed by atoms with Crippen molar-refractivity contribution in [3.8, 4) is 10.7 Å². The molecule has 0 unspecified atom stereocenters. The number of benzene rings is 1. The zero-order chi connectivity index (χ0) is 16.9. The predicted octanol–water partition coefficient (Wildman–Crippen LogP) is 4.74. The van der Waals surface area contributed by atoms with E-state index in [1.54, 1.807) is 11.3 Å². The summed E-state index contributed by atoms with van der Waals surface area (Å²) in [6.07, 6.45) is 0. The lowest BCUT2D eigenvalue weighted by Crippen LogP contribution is -2.14. The lowest BCUT2D eigenvalue weighted by Gasteiger charge is -2.07. The summed E-state index contributed by atoms with van der Waals surface area (Å²) in [5.74, 6) is 1.86. The molecule has 2 heterocycles. The van der Waals surface area contributed by atoms with Crippen LogP contribution in [0.4, 0.5) is 5.69 Å². The number of thioether (sulfide) groups is 1. The van der Waals surface area contributed by atoms with E-state index in [2.05, 4.69) is 31.4 Å². The van der Waals surface area contributed by atoms with E-state index >= 15 is 0 Å². The van der Waals surface area contributed by atoms with Gasteiger partial charge in [0, 0.05) is 4.47 Å². The lowest BCUT2D eigenvalue weighted by molar-refractivity contribution is -0.113. The molecule has 3 aromatic rings. The Bertz CT molecular complexity index is 834. The fourth-order valence-corrected chi connectivity index (χ4v) is 3.85. The molecule has 124 valence electrons. The largest absolute Gasteiger partial charge is 0.338 e. The average Bonchev–Trinajstić information content (AvgIpc) is 3.21. The van der Waals surface area contributed by atoms with Gasteiger partial charge in [-0.1, -0.05) is 17.3 Å². The number of aryl methyl sites for hydroxylation is 1. The van der Waals surface area contributed by atoms with E-state index in [-0.39, 0.29) is 5.91 Å². The Morgan fingerprint density at radius 3 is 3.04 bits per heavy atom. The van der Waals surface area contributed by atoms with Crippen LogP contribution in [0.15, 0.2) is 44.7 Å². The Labute approximate surface area is 156 Å². The van der Waals surface area contributed by atoms with Crippen molar-refractivity contribution < 1.29 is 9.32 Å². The fourth-order valence-electron chi connectivity index (χ4n) is 1.96. The molecule has 0 aliphatic carbocycles. The summed E-state index contributed by atoms with van der Waals surface area (Å²) in [7, 11) is 0. The molecule has 0 bridgehead atoms. The number of aromatic nitrogens is 2. The third-order valence-electron chi connectivity index (χ3n) is 3.07. The molecule has 2 aromatic heterocycles. The summed E-state index contributed by atoms with van der Waals surface area (Å²) in [6.45, 7) is 2.00. The Morgan fingerprint density at radius 2 is 2.29 bits per heavy atom. The predicted molar refractivity (Wildman–Crippen MR) is 101 cm³/mol. The van der Waals surface area contributed by atoms with E-state index in [9.17, 15) is 4.79 Å². The van der Waals surface area contributed by atoms with Gasteiger partial charge >= 0.3 is 0 Å². The SMILES string of the molecule is Cc1ccc(NC(=O)CSCc2nc(-c3cccs3)no2)c(Br)c1. The van der Waals surface area contributed by atoms with Gasteiger partial charge in [-0.25, -0.2) is 0 Å². The number of halogens is 1.